The Morgan fingerprint density at radius 2 is 2.00 bits per heavy atom. The van der Waals surface area contributed by atoms with E-state index in [2.05, 4.69) is 5.32 Å². The minimum Gasteiger partial charge on any atom is -0.504 e. The number of amides is 1. The number of para-hydroxylation sites is 1. The lowest BCUT2D eigenvalue weighted by atomic mass is 9.71. The van der Waals surface area contributed by atoms with Crippen molar-refractivity contribution >= 4 is 11.9 Å². The Kier molecular flexibility index (Phi) is 4.06. The van der Waals surface area contributed by atoms with Crippen LogP contribution < -0.4 is 5.32 Å². The molecule has 21 heavy (non-hydrogen) atoms. The predicted octanol–water partition coefficient (Wildman–Crippen LogP) is 1.86. The number of phenolic OH excluding ortho intramolecular Hbond substituents is 2. The number of hydrogen-bond acceptors (Lipinski definition) is 4. The van der Waals surface area contributed by atoms with Gasteiger partial charge >= 0.3 is 5.97 Å². The Balaban J connectivity index is 2.21. The van der Waals surface area contributed by atoms with Crippen molar-refractivity contribution in [2.75, 3.05) is 0 Å². The molecule has 1 aromatic rings. The number of carbonyl (C=O) groups is 2. The maximum Gasteiger partial charge on any atom is 0.311 e. The lowest BCUT2D eigenvalue weighted by Gasteiger charge is -2.38. The number of carboxylic acid groups (broad SMARTS) is 1. The van der Waals surface area contributed by atoms with Crippen molar-refractivity contribution in [1.29, 1.82) is 0 Å². The number of hydrogen-bond donors (Lipinski definition) is 4. The molecular weight excluding hydrogens is 274 g/mol. The van der Waals surface area contributed by atoms with Gasteiger partial charge in [0.05, 0.1) is 11.0 Å². The molecule has 4 N–H and O–H groups in total. The molecule has 0 bridgehead atoms. The number of carboxylic acids is 1. The Morgan fingerprint density at radius 3 is 2.67 bits per heavy atom. The molecule has 1 saturated carbocycles. The van der Waals surface area contributed by atoms with Gasteiger partial charge in [-0.25, -0.2) is 0 Å². The molecule has 0 aliphatic heterocycles. The van der Waals surface area contributed by atoms with Crippen molar-refractivity contribution < 1.29 is 24.9 Å². The van der Waals surface area contributed by atoms with Gasteiger partial charge in [0.15, 0.2) is 11.5 Å². The highest BCUT2D eigenvalue weighted by molar-refractivity contribution is 5.98. The molecule has 0 heterocycles. The van der Waals surface area contributed by atoms with E-state index in [1.165, 1.54) is 18.2 Å². The van der Waals surface area contributed by atoms with Gasteiger partial charge < -0.3 is 20.6 Å². The van der Waals surface area contributed by atoms with Crippen LogP contribution in [0.15, 0.2) is 18.2 Å². The quantitative estimate of drug-likeness (QED) is 0.636. The van der Waals surface area contributed by atoms with Crippen LogP contribution in [0.5, 0.6) is 11.5 Å². The Labute approximate surface area is 122 Å². The summed E-state index contributed by atoms with van der Waals surface area (Å²) in [6, 6.07) is 3.60. The van der Waals surface area contributed by atoms with Crippen LogP contribution in [0.1, 0.15) is 43.0 Å². The topological polar surface area (TPSA) is 107 Å². The highest BCUT2D eigenvalue weighted by Gasteiger charge is 2.44. The lowest BCUT2D eigenvalue weighted by molar-refractivity contribution is -0.151. The van der Waals surface area contributed by atoms with Crippen LogP contribution in [-0.2, 0) is 4.79 Å². The van der Waals surface area contributed by atoms with E-state index in [0.717, 1.165) is 12.8 Å². The highest BCUT2D eigenvalue weighted by atomic mass is 16.4. The van der Waals surface area contributed by atoms with Crippen molar-refractivity contribution in [2.45, 2.75) is 38.6 Å². The van der Waals surface area contributed by atoms with Crippen LogP contribution in [0.3, 0.4) is 0 Å². The summed E-state index contributed by atoms with van der Waals surface area (Å²) in [4.78, 5) is 23.7. The first-order valence-corrected chi connectivity index (χ1v) is 6.91. The van der Waals surface area contributed by atoms with E-state index < -0.39 is 29.1 Å². The molecule has 1 aromatic carbocycles. The number of nitrogens with one attached hydrogen (secondary N) is 1. The van der Waals surface area contributed by atoms with Crippen molar-refractivity contribution in [1.82, 2.24) is 5.32 Å². The fourth-order valence-electron chi connectivity index (χ4n) is 2.77. The van der Waals surface area contributed by atoms with E-state index >= 15 is 0 Å². The molecule has 6 heteroatoms. The van der Waals surface area contributed by atoms with Crippen molar-refractivity contribution in [3.8, 4) is 11.5 Å². The summed E-state index contributed by atoms with van der Waals surface area (Å²) in [7, 11) is 0. The second-order valence-electron chi connectivity index (χ2n) is 5.67. The molecule has 0 radical (unpaired) electrons. The number of carbonyl (C=O) groups excluding carboxylic acids is 1. The van der Waals surface area contributed by atoms with Gasteiger partial charge in [-0.1, -0.05) is 18.9 Å². The van der Waals surface area contributed by atoms with Gasteiger partial charge in [-0.15, -0.1) is 0 Å². The largest absolute Gasteiger partial charge is 0.504 e. The van der Waals surface area contributed by atoms with Gasteiger partial charge in [-0.3, -0.25) is 9.59 Å². The number of benzene rings is 1. The van der Waals surface area contributed by atoms with Crippen molar-refractivity contribution in [2.24, 2.45) is 5.41 Å². The normalized spacial score (nSPS) is 25.3. The number of aromatic hydroxyl groups is 2. The molecule has 1 aliphatic carbocycles. The van der Waals surface area contributed by atoms with Crippen LogP contribution >= 0.6 is 0 Å². The molecule has 1 fully saturated rings. The van der Waals surface area contributed by atoms with Crippen LogP contribution in [0.4, 0.5) is 0 Å². The zero-order valence-corrected chi connectivity index (χ0v) is 11.8. The molecule has 1 aliphatic rings. The average molecular weight is 293 g/mol. The second-order valence-corrected chi connectivity index (χ2v) is 5.67. The minimum atomic E-state index is -1.01. The number of aliphatic carboxylic acids is 1. The molecule has 6 nitrogen and oxygen atoms in total. The monoisotopic (exact) mass is 293 g/mol. The second kappa shape index (κ2) is 5.63. The fraction of sp³-hybridized carbons (Fsp3) is 0.467. The van der Waals surface area contributed by atoms with E-state index in [1.54, 1.807) is 6.92 Å². The molecule has 1 amide bonds. The van der Waals surface area contributed by atoms with Crippen LogP contribution in [0.25, 0.3) is 0 Å². The zero-order valence-electron chi connectivity index (χ0n) is 11.8. The maximum atomic E-state index is 12.2. The highest BCUT2D eigenvalue weighted by Crippen LogP contribution is 2.37. The van der Waals surface area contributed by atoms with E-state index in [4.69, 9.17) is 0 Å². The van der Waals surface area contributed by atoms with E-state index in [9.17, 15) is 24.9 Å². The summed E-state index contributed by atoms with van der Waals surface area (Å²) in [5, 5.41) is 31.2. The van der Waals surface area contributed by atoms with E-state index in [1.807, 2.05) is 0 Å². The predicted molar refractivity (Wildman–Crippen MR) is 75.2 cm³/mol. The summed E-state index contributed by atoms with van der Waals surface area (Å²) in [6.45, 7) is 1.63. The molecular formula is C15H19NO5. The Morgan fingerprint density at radius 1 is 1.29 bits per heavy atom. The molecule has 0 spiro atoms. The lowest BCUT2D eigenvalue weighted by Crippen LogP contribution is -2.52. The molecule has 114 valence electrons. The Hall–Kier alpha value is -2.24. The van der Waals surface area contributed by atoms with Crippen molar-refractivity contribution in [3.63, 3.8) is 0 Å². The molecule has 2 unspecified atom stereocenters. The first-order chi connectivity index (χ1) is 9.86. The maximum absolute atomic E-state index is 12.2. The van der Waals surface area contributed by atoms with Gasteiger partial charge in [-0.05, 0) is 31.9 Å². The van der Waals surface area contributed by atoms with Crippen LogP contribution in [0.2, 0.25) is 0 Å². The fourth-order valence-corrected chi connectivity index (χ4v) is 2.77. The van der Waals surface area contributed by atoms with Gasteiger partial charge in [0, 0.05) is 6.04 Å². The minimum absolute atomic E-state index is 0.0617. The third kappa shape index (κ3) is 2.79. The average Bonchev–Trinajstić information content (AvgIpc) is 2.44. The molecule has 2 atom stereocenters. The van der Waals surface area contributed by atoms with Crippen molar-refractivity contribution in [3.05, 3.63) is 23.8 Å². The van der Waals surface area contributed by atoms with Crippen LogP contribution in [-0.4, -0.2) is 33.2 Å². The number of phenols is 2. The SMILES string of the molecule is CC1(C(=O)O)CCCCC1NC(=O)c1cccc(O)c1O. The third-order valence-corrected chi connectivity index (χ3v) is 4.26. The summed E-state index contributed by atoms with van der Waals surface area (Å²) < 4.78 is 0. The van der Waals surface area contributed by atoms with Gasteiger partial charge in [0.2, 0.25) is 0 Å². The standard InChI is InChI=1S/C15H19NO5/c1-15(14(20)21)8-3-2-7-11(15)16-13(19)9-5-4-6-10(17)12(9)18/h4-6,11,17-18H,2-3,7-8H2,1H3,(H,16,19)(H,20,21). The summed E-state index contributed by atoms with van der Waals surface area (Å²) in [5.74, 6) is -2.40. The molecule has 2 rings (SSSR count). The first-order valence-electron chi connectivity index (χ1n) is 6.91. The number of rotatable bonds is 3. The van der Waals surface area contributed by atoms with Gasteiger partial charge in [-0.2, -0.15) is 0 Å². The first kappa shape index (κ1) is 15.2. The molecule has 0 aromatic heterocycles. The van der Waals surface area contributed by atoms with Gasteiger partial charge in [0.1, 0.15) is 0 Å². The Bertz CT molecular complexity index is 571. The van der Waals surface area contributed by atoms with Crippen LogP contribution in [0, 0.1) is 5.41 Å². The molecule has 0 saturated heterocycles. The van der Waals surface area contributed by atoms with Gasteiger partial charge in [0.25, 0.3) is 5.91 Å². The summed E-state index contributed by atoms with van der Waals surface area (Å²) in [5.41, 5.74) is -1.08. The third-order valence-electron chi connectivity index (χ3n) is 4.26. The summed E-state index contributed by atoms with van der Waals surface area (Å²) >= 11 is 0. The van der Waals surface area contributed by atoms with E-state index in [-0.39, 0.29) is 11.3 Å². The summed E-state index contributed by atoms with van der Waals surface area (Å²) in [6.07, 6.45) is 2.74. The smallest absolute Gasteiger partial charge is 0.311 e. The zero-order chi connectivity index (χ0) is 15.6. The van der Waals surface area contributed by atoms with E-state index in [0.29, 0.717) is 12.8 Å².